The number of phenols is 2. The summed E-state index contributed by atoms with van der Waals surface area (Å²) in [5.74, 6) is 0.332. The topological polar surface area (TPSA) is 52.5 Å². The van der Waals surface area contributed by atoms with E-state index in [1.165, 1.54) is 12.1 Å². The van der Waals surface area contributed by atoms with Gasteiger partial charge in [0.25, 0.3) is 0 Å². The minimum atomic E-state index is -0.0792. The van der Waals surface area contributed by atoms with Crippen molar-refractivity contribution in [2.24, 2.45) is 0 Å². The number of anilines is 1. The van der Waals surface area contributed by atoms with Crippen molar-refractivity contribution in [3.05, 3.63) is 54.1 Å². The van der Waals surface area contributed by atoms with Crippen LogP contribution in [0.1, 0.15) is 18.5 Å². The Hall–Kier alpha value is -2.16. The van der Waals surface area contributed by atoms with Gasteiger partial charge in [0.1, 0.15) is 11.5 Å². The van der Waals surface area contributed by atoms with E-state index in [0.717, 1.165) is 5.69 Å². The third-order valence-corrected chi connectivity index (χ3v) is 2.63. The van der Waals surface area contributed by atoms with Gasteiger partial charge in [0.2, 0.25) is 0 Å². The molecule has 0 aliphatic rings. The number of hydrogen-bond donors (Lipinski definition) is 3. The molecule has 0 aliphatic carbocycles. The van der Waals surface area contributed by atoms with Crippen molar-refractivity contribution in [1.82, 2.24) is 0 Å². The molecule has 17 heavy (non-hydrogen) atoms. The second-order valence-corrected chi connectivity index (χ2v) is 3.98. The molecule has 0 spiro atoms. The molecule has 1 unspecified atom stereocenters. The highest BCUT2D eigenvalue weighted by molar-refractivity contribution is 5.48. The summed E-state index contributed by atoms with van der Waals surface area (Å²) in [6, 6.07) is 14.2. The molecule has 0 radical (unpaired) electrons. The maximum Gasteiger partial charge on any atom is 0.121 e. The summed E-state index contributed by atoms with van der Waals surface area (Å²) >= 11 is 0. The van der Waals surface area contributed by atoms with E-state index in [1.807, 2.05) is 37.3 Å². The van der Waals surface area contributed by atoms with Crippen LogP contribution in [0.3, 0.4) is 0 Å². The number of nitrogens with one attached hydrogen (secondary N) is 1. The van der Waals surface area contributed by atoms with E-state index in [1.54, 1.807) is 6.07 Å². The van der Waals surface area contributed by atoms with E-state index in [0.29, 0.717) is 5.56 Å². The summed E-state index contributed by atoms with van der Waals surface area (Å²) in [6.45, 7) is 1.93. The quantitative estimate of drug-likeness (QED) is 0.708. The fourth-order valence-corrected chi connectivity index (χ4v) is 1.75. The van der Waals surface area contributed by atoms with E-state index in [4.69, 9.17) is 0 Å². The van der Waals surface area contributed by atoms with Crippen LogP contribution in [0.25, 0.3) is 0 Å². The first-order valence-corrected chi connectivity index (χ1v) is 5.50. The van der Waals surface area contributed by atoms with Gasteiger partial charge in [-0.2, -0.15) is 0 Å². The molecular formula is C14H15NO2. The minimum Gasteiger partial charge on any atom is -0.508 e. The molecule has 2 rings (SSSR count). The molecule has 2 aromatic rings. The molecular weight excluding hydrogens is 214 g/mol. The lowest BCUT2D eigenvalue weighted by Gasteiger charge is -2.17. The maximum atomic E-state index is 9.73. The molecule has 0 aliphatic heterocycles. The monoisotopic (exact) mass is 229 g/mol. The van der Waals surface area contributed by atoms with Crippen molar-refractivity contribution in [1.29, 1.82) is 0 Å². The molecule has 0 heterocycles. The predicted molar refractivity (Wildman–Crippen MR) is 68.3 cm³/mol. The van der Waals surface area contributed by atoms with Gasteiger partial charge in [-0.05, 0) is 37.3 Å². The Morgan fingerprint density at radius 3 is 2.41 bits per heavy atom. The third-order valence-electron chi connectivity index (χ3n) is 2.63. The van der Waals surface area contributed by atoms with Crippen LogP contribution in [0.5, 0.6) is 11.5 Å². The zero-order chi connectivity index (χ0) is 12.3. The lowest BCUT2D eigenvalue weighted by atomic mass is 10.1. The summed E-state index contributed by atoms with van der Waals surface area (Å²) in [4.78, 5) is 0. The van der Waals surface area contributed by atoms with Crippen LogP contribution in [0.15, 0.2) is 48.5 Å². The average molecular weight is 229 g/mol. The number of hydrogen-bond acceptors (Lipinski definition) is 3. The van der Waals surface area contributed by atoms with E-state index < -0.39 is 0 Å². The molecule has 0 aromatic heterocycles. The third kappa shape index (κ3) is 2.69. The van der Waals surface area contributed by atoms with Gasteiger partial charge in [-0.1, -0.05) is 18.2 Å². The SMILES string of the molecule is CC(Nc1ccccc1)c1cc(O)ccc1O. The number of para-hydroxylation sites is 1. The van der Waals surface area contributed by atoms with Crippen LogP contribution in [0, 0.1) is 0 Å². The summed E-state index contributed by atoms with van der Waals surface area (Å²) in [5, 5.41) is 22.4. The first-order valence-electron chi connectivity index (χ1n) is 5.50. The zero-order valence-corrected chi connectivity index (χ0v) is 9.59. The van der Waals surface area contributed by atoms with Crippen LogP contribution < -0.4 is 5.32 Å². The number of aromatic hydroxyl groups is 2. The highest BCUT2D eigenvalue weighted by Crippen LogP contribution is 2.29. The van der Waals surface area contributed by atoms with Crippen molar-refractivity contribution < 1.29 is 10.2 Å². The van der Waals surface area contributed by atoms with Crippen LogP contribution in [0.2, 0.25) is 0 Å². The lowest BCUT2D eigenvalue weighted by molar-refractivity contribution is 0.451. The Kier molecular flexibility index (Phi) is 3.19. The first kappa shape index (κ1) is 11.3. The molecule has 3 nitrogen and oxygen atoms in total. The minimum absolute atomic E-state index is 0.0792. The van der Waals surface area contributed by atoms with Gasteiger partial charge < -0.3 is 15.5 Å². The second kappa shape index (κ2) is 4.78. The van der Waals surface area contributed by atoms with Crippen LogP contribution in [-0.4, -0.2) is 10.2 Å². The lowest BCUT2D eigenvalue weighted by Crippen LogP contribution is -2.06. The Labute approximate surface area is 100 Å². The van der Waals surface area contributed by atoms with Gasteiger partial charge in [-0.15, -0.1) is 0 Å². The number of rotatable bonds is 3. The van der Waals surface area contributed by atoms with E-state index >= 15 is 0 Å². The molecule has 3 N–H and O–H groups in total. The predicted octanol–water partition coefficient (Wildman–Crippen LogP) is 3.27. The van der Waals surface area contributed by atoms with E-state index in [2.05, 4.69) is 5.32 Å². The number of phenolic OH excluding ortho intramolecular Hbond substituents is 2. The molecule has 0 fully saturated rings. The van der Waals surface area contributed by atoms with E-state index in [-0.39, 0.29) is 17.5 Å². The second-order valence-electron chi connectivity index (χ2n) is 3.98. The van der Waals surface area contributed by atoms with E-state index in [9.17, 15) is 10.2 Å². The standard InChI is InChI=1S/C14H15NO2/c1-10(15-11-5-3-2-4-6-11)13-9-12(16)7-8-14(13)17/h2-10,15-17H,1H3. The molecule has 1 atom stereocenters. The van der Waals surface area contributed by atoms with Crippen molar-refractivity contribution in [3.8, 4) is 11.5 Å². The Bertz CT molecular complexity index is 497. The average Bonchev–Trinajstić information content (AvgIpc) is 2.33. The van der Waals surface area contributed by atoms with Crippen molar-refractivity contribution in [2.75, 3.05) is 5.32 Å². The van der Waals surface area contributed by atoms with Crippen molar-refractivity contribution in [2.45, 2.75) is 13.0 Å². The largest absolute Gasteiger partial charge is 0.508 e. The van der Waals surface area contributed by atoms with Gasteiger partial charge in [0, 0.05) is 11.3 Å². The molecule has 0 bridgehead atoms. The Morgan fingerprint density at radius 1 is 1.00 bits per heavy atom. The highest BCUT2D eigenvalue weighted by atomic mass is 16.3. The van der Waals surface area contributed by atoms with Gasteiger partial charge in [-0.25, -0.2) is 0 Å². The van der Waals surface area contributed by atoms with Crippen LogP contribution >= 0.6 is 0 Å². The highest BCUT2D eigenvalue weighted by Gasteiger charge is 2.10. The van der Waals surface area contributed by atoms with Gasteiger partial charge in [0.05, 0.1) is 6.04 Å². The summed E-state index contributed by atoms with van der Waals surface area (Å²) < 4.78 is 0. The van der Waals surface area contributed by atoms with Gasteiger partial charge >= 0.3 is 0 Å². The first-order chi connectivity index (χ1) is 8.16. The normalized spacial score (nSPS) is 12.1. The molecule has 0 amide bonds. The van der Waals surface area contributed by atoms with Crippen molar-refractivity contribution >= 4 is 5.69 Å². The maximum absolute atomic E-state index is 9.73. The number of benzene rings is 2. The van der Waals surface area contributed by atoms with Gasteiger partial charge in [0.15, 0.2) is 0 Å². The zero-order valence-electron chi connectivity index (χ0n) is 9.59. The fourth-order valence-electron chi connectivity index (χ4n) is 1.75. The Morgan fingerprint density at radius 2 is 1.71 bits per heavy atom. The summed E-state index contributed by atoms with van der Waals surface area (Å²) in [7, 11) is 0. The molecule has 0 saturated heterocycles. The summed E-state index contributed by atoms with van der Waals surface area (Å²) in [6.07, 6.45) is 0. The van der Waals surface area contributed by atoms with Gasteiger partial charge in [-0.3, -0.25) is 0 Å². The summed E-state index contributed by atoms with van der Waals surface area (Å²) in [5.41, 5.74) is 1.65. The smallest absolute Gasteiger partial charge is 0.121 e. The van der Waals surface area contributed by atoms with Crippen LogP contribution in [0.4, 0.5) is 5.69 Å². The molecule has 0 saturated carbocycles. The molecule has 2 aromatic carbocycles. The molecule has 88 valence electrons. The van der Waals surface area contributed by atoms with Crippen molar-refractivity contribution in [3.63, 3.8) is 0 Å². The molecule has 3 heteroatoms. The Balaban J connectivity index is 2.20. The van der Waals surface area contributed by atoms with Crippen LogP contribution in [-0.2, 0) is 0 Å². The fraction of sp³-hybridized carbons (Fsp3) is 0.143.